The van der Waals surface area contributed by atoms with Gasteiger partial charge in [0.2, 0.25) is 0 Å². The maximum atomic E-state index is 12.9. The summed E-state index contributed by atoms with van der Waals surface area (Å²) >= 11 is 0. The standard InChI is InChI=1S/C28H33N5O3/c1-18(35-22-8-6-7-20(13-22)16-33(3)17-27-19(2)31-36-32-27)15-29-28(34)21-11-12-26-24(14-21)23-9-4-5-10-25(23)30-26/h6-8,11-14,18,30H,4-5,9-10,15-17H2,1-3H3,(H,29,34)/t18-/m0/s1. The predicted octanol–water partition coefficient (Wildman–Crippen LogP) is 4.57. The van der Waals surface area contributed by atoms with Gasteiger partial charge in [-0.3, -0.25) is 9.69 Å². The van der Waals surface area contributed by atoms with E-state index in [1.807, 2.05) is 57.3 Å². The lowest BCUT2D eigenvalue weighted by Gasteiger charge is -2.18. The van der Waals surface area contributed by atoms with Crippen LogP contribution in [-0.4, -0.2) is 45.8 Å². The zero-order valence-electron chi connectivity index (χ0n) is 21.1. The Morgan fingerprint density at radius 3 is 2.86 bits per heavy atom. The van der Waals surface area contributed by atoms with Crippen molar-refractivity contribution in [2.45, 2.75) is 58.7 Å². The van der Waals surface area contributed by atoms with Gasteiger partial charge in [0, 0.05) is 35.2 Å². The molecule has 1 atom stereocenters. The highest BCUT2D eigenvalue weighted by atomic mass is 16.6. The molecule has 2 N–H and O–H groups in total. The fourth-order valence-corrected chi connectivity index (χ4v) is 4.89. The van der Waals surface area contributed by atoms with Crippen LogP contribution in [0.2, 0.25) is 0 Å². The fraction of sp³-hybridized carbons (Fsp3) is 0.393. The molecule has 8 nitrogen and oxygen atoms in total. The second-order valence-corrected chi connectivity index (χ2v) is 9.80. The van der Waals surface area contributed by atoms with Crippen molar-refractivity contribution in [3.63, 3.8) is 0 Å². The molecule has 0 saturated carbocycles. The Morgan fingerprint density at radius 1 is 1.17 bits per heavy atom. The first-order valence-corrected chi connectivity index (χ1v) is 12.6. The number of ether oxygens (including phenoxy) is 1. The van der Waals surface area contributed by atoms with Gasteiger partial charge in [-0.1, -0.05) is 22.4 Å². The number of aryl methyl sites for hydroxylation is 3. The molecule has 1 aliphatic carbocycles. The van der Waals surface area contributed by atoms with Gasteiger partial charge in [0.1, 0.15) is 23.2 Å². The van der Waals surface area contributed by atoms with E-state index in [2.05, 4.69) is 31.6 Å². The third-order valence-corrected chi connectivity index (χ3v) is 6.76. The molecule has 2 heterocycles. The van der Waals surface area contributed by atoms with Gasteiger partial charge in [-0.2, -0.15) is 0 Å². The van der Waals surface area contributed by atoms with Gasteiger partial charge in [-0.05, 0) is 88.0 Å². The fourth-order valence-electron chi connectivity index (χ4n) is 4.89. The van der Waals surface area contributed by atoms with Crippen LogP contribution < -0.4 is 10.1 Å². The molecule has 2 aromatic heterocycles. The molecule has 188 valence electrons. The highest BCUT2D eigenvalue weighted by molar-refractivity contribution is 5.99. The Bertz CT molecular complexity index is 1360. The number of fused-ring (bicyclic) bond motifs is 3. The predicted molar refractivity (Wildman–Crippen MR) is 138 cm³/mol. The van der Waals surface area contributed by atoms with Crippen molar-refractivity contribution in [2.75, 3.05) is 13.6 Å². The van der Waals surface area contributed by atoms with E-state index in [0.29, 0.717) is 18.7 Å². The lowest BCUT2D eigenvalue weighted by Crippen LogP contribution is -2.33. The smallest absolute Gasteiger partial charge is 0.251 e. The molecule has 1 aliphatic rings. The molecular weight excluding hydrogens is 454 g/mol. The second-order valence-electron chi connectivity index (χ2n) is 9.80. The van der Waals surface area contributed by atoms with Gasteiger partial charge >= 0.3 is 0 Å². The van der Waals surface area contributed by atoms with Crippen LogP contribution in [0.4, 0.5) is 0 Å². The molecule has 0 saturated heterocycles. The molecule has 1 amide bonds. The normalized spacial score (nSPS) is 14.1. The number of rotatable bonds is 9. The quantitative estimate of drug-likeness (QED) is 0.359. The molecule has 4 aromatic rings. The minimum atomic E-state index is -0.172. The summed E-state index contributed by atoms with van der Waals surface area (Å²) in [6.07, 6.45) is 4.44. The highest BCUT2D eigenvalue weighted by Crippen LogP contribution is 2.29. The maximum absolute atomic E-state index is 12.9. The van der Waals surface area contributed by atoms with Gasteiger partial charge in [-0.25, -0.2) is 4.63 Å². The number of aromatic nitrogens is 3. The van der Waals surface area contributed by atoms with Crippen molar-refractivity contribution < 1.29 is 14.2 Å². The zero-order chi connectivity index (χ0) is 25.1. The summed E-state index contributed by atoms with van der Waals surface area (Å²) in [6.45, 7) is 5.66. The molecule has 0 fully saturated rings. The number of nitrogens with one attached hydrogen (secondary N) is 2. The molecule has 0 bridgehead atoms. The van der Waals surface area contributed by atoms with Gasteiger partial charge in [0.25, 0.3) is 5.91 Å². The number of carbonyl (C=O) groups excluding carboxylic acids is 1. The zero-order valence-corrected chi connectivity index (χ0v) is 21.1. The number of aromatic amines is 1. The van der Waals surface area contributed by atoms with E-state index in [1.165, 1.54) is 29.5 Å². The summed E-state index contributed by atoms with van der Waals surface area (Å²) in [7, 11) is 2.03. The molecule has 0 aliphatic heterocycles. The lowest BCUT2D eigenvalue weighted by molar-refractivity contribution is 0.0932. The Hall–Kier alpha value is -3.65. The van der Waals surface area contributed by atoms with Gasteiger partial charge in [0.05, 0.1) is 6.54 Å². The van der Waals surface area contributed by atoms with E-state index in [-0.39, 0.29) is 12.0 Å². The lowest BCUT2D eigenvalue weighted by atomic mass is 9.95. The Labute approximate surface area is 211 Å². The van der Waals surface area contributed by atoms with Crippen LogP contribution in [0.3, 0.4) is 0 Å². The summed E-state index contributed by atoms with van der Waals surface area (Å²) in [5.41, 5.74) is 7.28. The van der Waals surface area contributed by atoms with E-state index in [4.69, 9.17) is 9.37 Å². The monoisotopic (exact) mass is 487 g/mol. The number of hydrogen-bond acceptors (Lipinski definition) is 6. The van der Waals surface area contributed by atoms with Crippen molar-refractivity contribution in [1.29, 1.82) is 0 Å². The van der Waals surface area contributed by atoms with Crippen LogP contribution in [-0.2, 0) is 25.9 Å². The van der Waals surface area contributed by atoms with Crippen LogP contribution in [0.1, 0.15) is 58.3 Å². The van der Waals surface area contributed by atoms with E-state index in [1.54, 1.807) is 0 Å². The van der Waals surface area contributed by atoms with Crippen LogP contribution >= 0.6 is 0 Å². The average Bonchev–Trinajstić information content (AvgIpc) is 3.45. The summed E-state index contributed by atoms with van der Waals surface area (Å²) < 4.78 is 10.9. The third kappa shape index (κ3) is 5.44. The molecule has 0 unspecified atom stereocenters. The van der Waals surface area contributed by atoms with Crippen LogP contribution in [0.5, 0.6) is 5.75 Å². The maximum Gasteiger partial charge on any atom is 0.251 e. The number of amides is 1. The Kier molecular flexibility index (Phi) is 7.04. The number of benzene rings is 2. The molecule has 36 heavy (non-hydrogen) atoms. The summed E-state index contributed by atoms with van der Waals surface area (Å²) in [4.78, 5) is 18.5. The first kappa shape index (κ1) is 24.1. The third-order valence-electron chi connectivity index (χ3n) is 6.76. The average molecular weight is 488 g/mol. The Morgan fingerprint density at radius 2 is 2.03 bits per heavy atom. The first-order chi connectivity index (χ1) is 17.5. The van der Waals surface area contributed by atoms with E-state index < -0.39 is 0 Å². The summed E-state index contributed by atoms with van der Waals surface area (Å²) in [6, 6.07) is 14.0. The molecule has 2 aromatic carbocycles. The minimum Gasteiger partial charge on any atom is -0.489 e. The van der Waals surface area contributed by atoms with Crippen LogP contribution in [0.25, 0.3) is 10.9 Å². The van der Waals surface area contributed by atoms with E-state index in [9.17, 15) is 4.79 Å². The van der Waals surface area contributed by atoms with Crippen LogP contribution in [0.15, 0.2) is 47.1 Å². The molecule has 0 radical (unpaired) electrons. The topological polar surface area (TPSA) is 96.3 Å². The highest BCUT2D eigenvalue weighted by Gasteiger charge is 2.17. The SMILES string of the molecule is Cc1nonc1CN(C)Cc1cccc(O[C@@H](C)CNC(=O)c2ccc3[nH]c4c(c3c2)CCCC4)c1. The van der Waals surface area contributed by atoms with Crippen molar-refractivity contribution in [2.24, 2.45) is 0 Å². The molecule has 5 rings (SSSR count). The van der Waals surface area contributed by atoms with Crippen molar-refractivity contribution in [1.82, 2.24) is 25.5 Å². The summed E-state index contributed by atoms with van der Waals surface area (Å²) in [5, 5.41) is 12.0. The van der Waals surface area contributed by atoms with Crippen molar-refractivity contribution in [3.8, 4) is 5.75 Å². The minimum absolute atomic E-state index is 0.0777. The molecule has 8 heteroatoms. The van der Waals surface area contributed by atoms with Gasteiger partial charge in [-0.15, -0.1) is 0 Å². The Balaban J connectivity index is 1.15. The largest absolute Gasteiger partial charge is 0.489 e. The first-order valence-electron chi connectivity index (χ1n) is 12.6. The van der Waals surface area contributed by atoms with Crippen molar-refractivity contribution in [3.05, 3.63) is 76.2 Å². The van der Waals surface area contributed by atoms with E-state index >= 15 is 0 Å². The van der Waals surface area contributed by atoms with Crippen LogP contribution in [0, 0.1) is 6.92 Å². The molecule has 0 spiro atoms. The van der Waals surface area contributed by atoms with Crippen molar-refractivity contribution >= 4 is 16.8 Å². The molecular formula is C28H33N5O3. The number of hydrogen-bond donors (Lipinski definition) is 2. The van der Waals surface area contributed by atoms with E-state index in [0.717, 1.165) is 47.6 Å². The second kappa shape index (κ2) is 10.5. The van der Waals surface area contributed by atoms with Gasteiger partial charge < -0.3 is 15.0 Å². The number of nitrogens with zero attached hydrogens (tertiary/aromatic N) is 3. The number of carbonyl (C=O) groups is 1. The number of H-pyrrole nitrogens is 1. The summed E-state index contributed by atoms with van der Waals surface area (Å²) in [5.74, 6) is 0.702. The van der Waals surface area contributed by atoms with Gasteiger partial charge in [0.15, 0.2) is 0 Å².